The summed E-state index contributed by atoms with van der Waals surface area (Å²) in [6, 6.07) is 14.6. The van der Waals surface area contributed by atoms with Crippen molar-refractivity contribution in [3.8, 4) is 0 Å². The molecule has 146 valence electrons. The molecule has 2 aromatic carbocycles. The van der Waals surface area contributed by atoms with Crippen molar-refractivity contribution < 1.29 is 17.6 Å². The number of carbonyl (C=O) groups is 1. The van der Waals surface area contributed by atoms with Crippen LogP contribution in [0.3, 0.4) is 0 Å². The minimum absolute atomic E-state index is 0.154. The van der Waals surface area contributed by atoms with Crippen molar-refractivity contribution in [2.45, 2.75) is 12.8 Å². The second-order valence-corrected chi connectivity index (χ2v) is 9.16. The molecule has 0 fully saturated rings. The Morgan fingerprint density at radius 1 is 1.11 bits per heavy atom. The van der Waals surface area contributed by atoms with Crippen LogP contribution in [0.5, 0.6) is 0 Å². The summed E-state index contributed by atoms with van der Waals surface area (Å²) in [5, 5.41) is 0. The Hall–Kier alpha value is -2.45. The summed E-state index contributed by atoms with van der Waals surface area (Å²) in [6.45, 7) is 1.81. The largest absolute Gasteiger partial charge is 0.355 e. The van der Waals surface area contributed by atoms with E-state index in [1.165, 1.54) is 12.1 Å². The van der Waals surface area contributed by atoms with Crippen molar-refractivity contribution in [3.63, 3.8) is 0 Å². The summed E-state index contributed by atoms with van der Waals surface area (Å²) in [4.78, 5) is 15.7. The van der Waals surface area contributed by atoms with E-state index in [1.54, 1.807) is 36.4 Å². The fourth-order valence-corrected chi connectivity index (χ4v) is 3.70. The Bertz CT molecular complexity index is 1120. The standard InChI is InChI=1S/C20H18BrFN2O3S/c1-12(16-8-7-15(11-17(16)22)24-28(2,26)27)18-9-10-19(23-18)20(25)13-3-5-14(21)6-4-13/h3-12,23-24H,1-2H3. The number of hydrogen-bond donors (Lipinski definition) is 2. The minimum atomic E-state index is -3.48. The van der Waals surface area contributed by atoms with Crippen molar-refractivity contribution in [3.05, 3.63) is 87.4 Å². The first-order chi connectivity index (χ1) is 13.1. The van der Waals surface area contributed by atoms with Crippen molar-refractivity contribution in [1.82, 2.24) is 4.98 Å². The summed E-state index contributed by atoms with van der Waals surface area (Å²) < 4.78 is 40.2. The van der Waals surface area contributed by atoms with Crippen LogP contribution in [-0.2, 0) is 10.0 Å². The molecule has 0 saturated heterocycles. The second-order valence-electron chi connectivity index (χ2n) is 6.50. The number of hydrogen-bond acceptors (Lipinski definition) is 3. The number of aromatic nitrogens is 1. The number of carbonyl (C=O) groups excluding carboxylic acids is 1. The lowest BCUT2D eigenvalue weighted by Gasteiger charge is -2.13. The quantitative estimate of drug-likeness (QED) is 0.520. The molecule has 0 radical (unpaired) electrons. The first kappa shape index (κ1) is 20.3. The van der Waals surface area contributed by atoms with Crippen LogP contribution in [0.1, 0.15) is 40.2 Å². The SMILES string of the molecule is CC(c1ccc(C(=O)c2ccc(Br)cc2)[nH]1)c1ccc(NS(C)(=O)=O)cc1F. The normalized spacial score (nSPS) is 12.6. The van der Waals surface area contributed by atoms with E-state index in [0.717, 1.165) is 16.8 Å². The zero-order valence-corrected chi connectivity index (χ0v) is 17.6. The molecular weight excluding hydrogens is 447 g/mol. The molecule has 1 heterocycles. The van der Waals surface area contributed by atoms with E-state index >= 15 is 0 Å². The molecule has 0 amide bonds. The molecule has 5 nitrogen and oxygen atoms in total. The average Bonchev–Trinajstić information content (AvgIpc) is 3.10. The average molecular weight is 465 g/mol. The molecule has 28 heavy (non-hydrogen) atoms. The van der Waals surface area contributed by atoms with Gasteiger partial charge >= 0.3 is 0 Å². The summed E-state index contributed by atoms with van der Waals surface area (Å²) in [5.41, 5.74) is 2.20. The van der Waals surface area contributed by atoms with E-state index in [1.807, 2.05) is 6.92 Å². The predicted octanol–water partition coefficient (Wildman–Crippen LogP) is 4.67. The number of H-pyrrole nitrogens is 1. The Labute approximate surface area is 171 Å². The number of aromatic amines is 1. The van der Waals surface area contributed by atoms with Gasteiger partial charge in [-0.2, -0.15) is 0 Å². The fourth-order valence-electron chi connectivity index (χ4n) is 2.88. The number of halogens is 2. The highest BCUT2D eigenvalue weighted by atomic mass is 79.9. The first-order valence-electron chi connectivity index (χ1n) is 8.40. The highest BCUT2D eigenvalue weighted by molar-refractivity contribution is 9.10. The summed E-state index contributed by atoms with van der Waals surface area (Å²) in [6.07, 6.45) is 1.00. The van der Waals surface area contributed by atoms with E-state index in [4.69, 9.17) is 0 Å². The molecule has 2 N–H and O–H groups in total. The molecule has 1 unspecified atom stereocenters. The Morgan fingerprint density at radius 2 is 1.79 bits per heavy atom. The maximum Gasteiger partial charge on any atom is 0.229 e. The highest BCUT2D eigenvalue weighted by Crippen LogP contribution is 2.28. The third kappa shape index (κ3) is 4.69. The van der Waals surface area contributed by atoms with E-state index in [2.05, 4.69) is 25.6 Å². The summed E-state index contributed by atoms with van der Waals surface area (Å²) in [5.74, 6) is -1.03. The highest BCUT2D eigenvalue weighted by Gasteiger charge is 2.18. The van der Waals surface area contributed by atoms with Crippen LogP contribution in [0.2, 0.25) is 0 Å². The van der Waals surface area contributed by atoms with Gasteiger partial charge in [0.05, 0.1) is 17.6 Å². The van der Waals surface area contributed by atoms with E-state index in [0.29, 0.717) is 22.5 Å². The van der Waals surface area contributed by atoms with Crippen LogP contribution < -0.4 is 4.72 Å². The van der Waals surface area contributed by atoms with Gasteiger partial charge in [-0.05, 0) is 54.1 Å². The van der Waals surface area contributed by atoms with Crippen LogP contribution in [0.15, 0.2) is 59.1 Å². The third-order valence-corrected chi connectivity index (χ3v) is 5.43. The van der Waals surface area contributed by atoms with E-state index in [9.17, 15) is 17.6 Å². The van der Waals surface area contributed by atoms with Gasteiger partial charge in [0.15, 0.2) is 0 Å². The van der Waals surface area contributed by atoms with Gasteiger partial charge in [0.25, 0.3) is 0 Å². The van der Waals surface area contributed by atoms with Gasteiger partial charge in [0.2, 0.25) is 15.8 Å². The zero-order chi connectivity index (χ0) is 20.5. The van der Waals surface area contributed by atoms with Crippen molar-refractivity contribution in [2.75, 3.05) is 11.0 Å². The molecule has 3 aromatic rings. The van der Waals surface area contributed by atoms with Crippen LogP contribution in [-0.4, -0.2) is 25.4 Å². The molecule has 3 rings (SSSR count). The Balaban J connectivity index is 1.83. The van der Waals surface area contributed by atoms with Crippen LogP contribution >= 0.6 is 15.9 Å². The van der Waals surface area contributed by atoms with Crippen molar-refractivity contribution >= 4 is 37.4 Å². The lowest BCUT2D eigenvalue weighted by Crippen LogP contribution is -2.10. The predicted molar refractivity (Wildman–Crippen MR) is 111 cm³/mol. The molecule has 0 aliphatic carbocycles. The van der Waals surface area contributed by atoms with Crippen LogP contribution in [0.25, 0.3) is 0 Å². The minimum Gasteiger partial charge on any atom is -0.355 e. The Morgan fingerprint density at radius 3 is 2.39 bits per heavy atom. The molecule has 1 atom stereocenters. The Kier molecular flexibility index (Phi) is 5.71. The summed E-state index contributed by atoms with van der Waals surface area (Å²) >= 11 is 3.34. The van der Waals surface area contributed by atoms with Gasteiger partial charge in [-0.3, -0.25) is 9.52 Å². The maximum atomic E-state index is 14.5. The van der Waals surface area contributed by atoms with Gasteiger partial charge in [-0.1, -0.05) is 28.9 Å². The molecule has 0 aliphatic heterocycles. The molecule has 8 heteroatoms. The second kappa shape index (κ2) is 7.89. The van der Waals surface area contributed by atoms with E-state index in [-0.39, 0.29) is 17.4 Å². The zero-order valence-electron chi connectivity index (χ0n) is 15.2. The van der Waals surface area contributed by atoms with Gasteiger partial charge in [0.1, 0.15) is 5.82 Å². The number of anilines is 1. The molecular formula is C20H18BrFN2O3S. The van der Waals surface area contributed by atoms with Gasteiger partial charge in [-0.25, -0.2) is 12.8 Å². The number of sulfonamides is 1. The molecule has 0 bridgehead atoms. The molecule has 1 aromatic heterocycles. The number of benzene rings is 2. The topological polar surface area (TPSA) is 79.0 Å². The van der Waals surface area contributed by atoms with Gasteiger partial charge < -0.3 is 4.98 Å². The number of ketones is 1. The monoisotopic (exact) mass is 464 g/mol. The molecule has 0 saturated carbocycles. The summed E-state index contributed by atoms with van der Waals surface area (Å²) in [7, 11) is -3.48. The smallest absolute Gasteiger partial charge is 0.229 e. The van der Waals surface area contributed by atoms with Crippen molar-refractivity contribution in [2.24, 2.45) is 0 Å². The fraction of sp³-hybridized carbons (Fsp3) is 0.150. The van der Waals surface area contributed by atoms with E-state index < -0.39 is 15.8 Å². The van der Waals surface area contributed by atoms with Crippen LogP contribution in [0.4, 0.5) is 10.1 Å². The molecule has 0 spiro atoms. The van der Waals surface area contributed by atoms with Crippen molar-refractivity contribution in [1.29, 1.82) is 0 Å². The number of rotatable bonds is 6. The third-order valence-electron chi connectivity index (χ3n) is 4.30. The molecule has 0 aliphatic rings. The van der Waals surface area contributed by atoms with Gasteiger partial charge in [0, 0.05) is 21.6 Å². The van der Waals surface area contributed by atoms with Gasteiger partial charge in [-0.15, -0.1) is 0 Å². The lowest BCUT2D eigenvalue weighted by atomic mass is 9.97. The van der Waals surface area contributed by atoms with Crippen LogP contribution in [0, 0.1) is 5.82 Å². The first-order valence-corrected chi connectivity index (χ1v) is 11.1. The lowest BCUT2D eigenvalue weighted by molar-refractivity contribution is 0.103. The maximum absolute atomic E-state index is 14.5. The number of nitrogens with one attached hydrogen (secondary N) is 2.